The molecule has 1 aromatic rings. The van der Waals surface area contributed by atoms with E-state index in [0.29, 0.717) is 0 Å². The Labute approximate surface area is 110 Å². The molecule has 0 aliphatic heterocycles. The number of methoxy groups -OCH3 is 1. The van der Waals surface area contributed by atoms with Gasteiger partial charge in [-0.3, -0.25) is 0 Å². The minimum absolute atomic E-state index is 0.284. The van der Waals surface area contributed by atoms with Gasteiger partial charge in [0.05, 0.1) is 7.11 Å². The predicted molar refractivity (Wildman–Crippen MR) is 75.4 cm³/mol. The third kappa shape index (κ3) is 4.67. The number of hydrogen-bond acceptors (Lipinski definition) is 3. The van der Waals surface area contributed by atoms with Crippen LogP contribution in [-0.2, 0) is 6.42 Å². The van der Waals surface area contributed by atoms with Crippen molar-refractivity contribution in [2.45, 2.75) is 33.1 Å². The van der Waals surface area contributed by atoms with Crippen LogP contribution in [0.3, 0.4) is 0 Å². The zero-order chi connectivity index (χ0) is 13.4. The van der Waals surface area contributed by atoms with Gasteiger partial charge in [0, 0.05) is 6.61 Å². The van der Waals surface area contributed by atoms with Gasteiger partial charge in [-0.05, 0) is 57.3 Å². The molecular weight excluding hydrogens is 226 g/mol. The van der Waals surface area contributed by atoms with Crippen LogP contribution >= 0.6 is 0 Å². The van der Waals surface area contributed by atoms with Crippen LogP contribution in [0.4, 0.5) is 0 Å². The van der Waals surface area contributed by atoms with E-state index in [9.17, 15) is 0 Å². The van der Waals surface area contributed by atoms with Crippen molar-refractivity contribution in [2.24, 2.45) is 0 Å². The highest BCUT2D eigenvalue weighted by Gasteiger charge is 2.06. The van der Waals surface area contributed by atoms with Gasteiger partial charge in [-0.1, -0.05) is 17.7 Å². The molecule has 0 bridgehead atoms. The lowest BCUT2D eigenvalue weighted by molar-refractivity contribution is 0.284. The maximum Gasteiger partial charge on any atom is 0.125 e. The molecule has 0 atom stereocenters. The quantitative estimate of drug-likeness (QED) is 0.696. The summed E-state index contributed by atoms with van der Waals surface area (Å²) >= 11 is 0. The van der Waals surface area contributed by atoms with Gasteiger partial charge in [-0.15, -0.1) is 0 Å². The Morgan fingerprint density at radius 2 is 1.94 bits per heavy atom. The summed E-state index contributed by atoms with van der Waals surface area (Å²) < 4.78 is 5.47. The Kier molecular flexibility index (Phi) is 6.76. The highest BCUT2D eigenvalue weighted by Crippen LogP contribution is 2.25. The SMILES string of the molecule is COc1c(C)cc(C)cc1CCNCCCCO. The van der Waals surface area contributed by atoms with Gasteiger partial charge in [-0.25, -0.2) is 0 Å². The predicted octanol–water partition coefficient (Wildman–Crippen LogP) is 2.22. The van der Waals surface area contributed by atoms with Crippen molar-refractivity contribution in [3.05, 3.63) is 28.8 Å². The van der Waals surface area contributed by atoms with Crippen LogP contribution in [0.2, 0.25) is 0 Å². The normalized spacial score (nSPS) is 10.7. The largest absolute Gasteiger partial charge is 0.496 e. The molecule has 0 aliphatic carbocycles. The molecule has 0 saturated carbocycles. The van der Waals surface area contributed by atoms with Crippen molar-refractivity contribution in [3.63, 3.8) is 0 Å². The molecule has 0 radical (unpaired) electrons. The number of unbranched alkanes of at least 4 members (excludes halogenated alkanes) is 1. The van der Waals surface area contributed by atoms with E-state index >= 15 is 0 Å². The molecule has 1 aromatic carbocycles. The molecule has 0 spiro atoms. The summed E-state index contributed by atoms with van der Waals surface area (Å²) in [6.07, 6.45) is 2.88. The molecule has 0 aromatic heterocycles. The molecule has 18 heavy (non-hydrogen) atoms. The van der Waals surface area contributed by atoms with Gasteiger partial charge in [0.25, 0.3) is 0 Å². The van der Waals surface area contributed by atoms with Crippen LogP contribution < -0.4 is 10.1 Å². The van der Waals surface area contributed by atoms with Crippen molar-refractivity contribution in [1.82, 2.24) is 5.32 Å². The van der Waals surface area contributed by atoms with Crippen molar-refractivity contribution < 1.29 is 9.84 Å². The molecule has 3 heteroatoms. The lowest BCUT2D eigenvalue weighted by atomic mass is 10.0. The maximum atomic E-state index is 8.69. The number of rotatable bonds is 8. The smallest absolute Gasteiger partial charge is 0.125 e. The number of aryl methyl sites for hydroxylation is 2. The summed E-state index contributed by atoms with van der Waals surface area (Å²) in [4.78, 5) is 0. The molecule has 0 fully saturated rings. The van der Waals surface area contributed by atoms with E-state index in [1.807, 2.05) is 0 Å². The van der Waals surface area contributed by atoms with Crippen molar-refractivity contribution in [2.75, 3.05) is 26.8 Å². The standard InChI is InChI=1S/C15H25NO2/c1-12-10-13(2)15(18-3)14(11-12)6-8-16-7-4-5-9-17/h10-11,16-17H,4-9H2,1-3H3. The van der Waals surface area contributed by atoms with Gasteiger partial charge in [-0.2, -0.15) is 0 Å². The summed E-state index contributed by atoms with van der Waals surface area (Å²) in [5, 5.41) is 12.1. The fourth-order valence-electron chi connectivity index (χ4n) is 2.23. The topological polar surface area (TPSA) is 41.5 Å². The molecule has 0 heterocycles. The first-order valence-corrected chi connectivity index (χ1v) is 6.64. The molecule has 1 rings (SSSR count). The summed E-state index contributed by atoms with van der Waals surface area (Å²) in [5.74, 6) is 1.01. The molecule has 0 aliphatic rings. The summed E-state index contributed by atoms with van der Waals surface area (Å²) in [6.45, 7) is 6.40. The van der Waals surface area contributed by atoms with Crippen LogP contribution in [0.15, 0.2) is 12.1 Å². The molecule has 102 valence electrons. The monoisotopic (exact) mass is 251 g/mol. The Bertz CT molecular complexity index is 364. The van der Waals surface area contributed by atoms with Gasteiger partial charge in [0.1, 0.15) is 5.75 Å². The van der Waals surface area contributed by atoms with Crippen molar-refractivity contribution in [1.29, 1.82) is 0 Å². The lowest BCUT2D eigenvalue weighted by Crippen LogP contribution is -2.19. The van der Waals surface area contributed by atoms with E-state index in [1.165, 1.54) is 16.7 Å². The summed E-state index contributed by atoms with van der Waals surface area (Å²) in [5.41, 5.74) is 3.75. The Morgan fingerprint density at radius 1 is 1.17 bits per heavy atom. The number of ether oxygens (including phenoxy) is 1. The number of benzene rings is 1. The fraction of sp³-hybridized carbons (Fsp3) is 0.600. The molecule has 2 N–H and O–H groups in total. The van der Waals surface area contributed by atoms with Gasteiger partial charge >= 0.3 is 0 Å². The van der Waals surface area contributed by atoms with Crippen LogP contribution in [0.5, 0.6) is 5.75 Å². The first-order valence-electron chi connectivity index (χ1n) is 6.64. The summed E-state index contributed by atoms with van der Waals surface area (Å²) in [6, 6.07) is 4.35. The van der Waals surface area contributed by atoms with Gasteiger partial charge < -0.3 is 15.2 Å². The lowest BCUT2D eigenvalue weighted by Gasteiger charge is -2.13. The Morgan fingerprint density at radius 3 is 2.61 bits per heavy atom. The number of aliphatic hydroxyl groups excluding tert-OH is 1. The highest BCUT2D eigenvalue weighted by atomic mass is 16.5. The third-order valence-corrected chi connectivity index (χ3v) is 3.03. The fourth-order valence-corrected chi connectivity index (χ4v) is 2.23. The molecule has 3 nitrogen and oxygen atoms in total. The van der Waals surface area contributed by atoms with Crippen LogP contribution in [0.1, 0.15) is 29.5 Å². The first-order chi connectivity index (χ1) is 8.69. The minimum atomic E-state index is 0.284. The van der Waals surface area contributed by atoms with Crippen LogP contribution in [0, 0.1) is 13.8 Å². The van der Waals surface area contributed by atoms with E-state index in [0.717, 1.165) is 38.1 Å². The van der Waals surface area contributed by atoms with Crippen LogP contribution in [-0.4, -0.2) is 31.9 Å². The molecule has 0 saturated heterocycles. The van der Waals surface area contributed by atoms with E-state index in [2.05, 4.69) is 31.3 Å². The average Bonchev–Trinajstić information content (AvgIpc) is 2.33. The second kappa shape index (κ2) is 8.11. The zero-order valence-corrected chi connectivity index (χ0v) is 11.8. The average molecular weight is 251 g/mol. The van der Waals surface area contributed by atoms with Crippen molar-refractivity contribution >= 4 is 0 Å². The highest BCUT2D eigenvalue weighted by molar-refractivity contribution is 5.43. The van der Waals surface area contributed by atoms with E-state index < -0.39 is 0 Å². The molecule has 0 amide bonds. The van der Waals surface area contributed by atoms with E-state index in [4.69, 9.17) is 9.84 Å². The zero-order valence-electron chi connectivity index (χ0n) is 11.8. The Balaban J connectivity index is 2.46. The summed E-state index contributed by atoms with van der Waals surface area (Å²) in [7, 11) is 1.73. The van der Waals surface area contributed by atoms with E-state index in [-0.39, 0.29) is 6.61 Å². The van der Waals surface area contributed by atoms with E-state index in [1.54, 1.807) is 7.11 Å². The third-order valence-electron chi connectivity index (χ3n) is 3.03. The number of nitrogens with one attached hydrogen (secondary N) is 1. The molecular formula is C15H25NO2. The Hall–Kier alpha value is -1.06. The second-order valence-electron chi connectivity index (χ2n) is 4.70. The maximum absolute atomic E-state index is 8.69. The van der Waals surface area contributed by atoms with Gasteiger partial charge in [0.2, 0.25) is 0 Å². The van der Waals surface area contributed by atoms with Crippen molar-refractivity contribution in [3.8, 4) is 5.75 Å². The minimum Gasteiger partial charge on any atom is -0.496 e. The van der Waals surface area contributed by atoms with Crippen LogP contribution in [0.25, 0.3) is 0 Å². The number of aliphatic hydroxyl groups is 1. The first kappa shape index (κ1) is 15.0. The number of hydrogen-bond donors (Lipinski definition) is 2. The van der Waals surface area contributed by atoms with Gasteiger partial charge in [0.15, 0.2) is 0 Å². The second-order valence-corrected chi connectivity index (χ2v) is 4.70. The molecule has 0 unspecified atom stereocenters.